The Hall–Kier alpha value is -2.70. The van der Waals surface area contributed by atoms with Gasteiger partial charge in [0.05, 0.1) is 12.1 Å². The number of carboxylic acid groups (broad SMARTS) is 1. The number of carbonyl (C=O) groups excluding carboxylic acids is 1. The van der Waals surface area contributed by atoms with E-state index in [1.807, 2.05) is 0 Å². The first kappa shape index (κ1) is 11.8. The van der Waals surface area contributed by atoms with Crippen molar-refractivity contribution in [3.05, 3.63) is 47.6 Å². The van der Waals surface area contributed by atoms with Gasteiger partial charge in [0.15, 0.2) is 0 Å². The van der Waals surface area contributed by atoms with E-state index in [0.717, 1.165) is 0 Å². The summed E-state index contributed by atoms with van der Waals surface area (Å²) in [6.07, 6.45) is 2.62. The lowest BCUT2D eigenvalue weighted by Gasteiger charge is -2.02. The van der Waals surface area contributed by atoms with Gasteiger partial charge in [-0.3, -0.25) is 4.79 Å². The molecule has 0 radical (unpaired) electrons. The van der Waals surface area contributed by atoms with E-state index in [1.165, 1.54) is 24.6 Å². The molecule has 0 aliphatic rings. The van der Waals surface area contributed by atoms with Crippen molar-refractivity contribution in [2.45, 2.75) is 6.54 Å². The summed E-state index contributed by atoms with van der Waals surface area (Å²) in [5, 5.41) is 14.9. The molecule has 0 bridgehead atoms. The second kappa shape index (κ2) is 5.09. The van der Waals surface area contributed by atoms with Crippen LogP contribution in [0.25, 0.3) is 0 Å². The lowest BCUT2D eigenvalue weighted by Crippen LogP contribution is -2.23. The number of hydrogen-bond acceptors (Lipinski definition) is 5. The van der Waals surface area contributed by atoms with Gasteiger partial charge in [0, 0.05) is 12.3 Å². The lowest BCUT2D eigenvalue weighted by atomic mass is 10.2. The number of carbonyl (C=O) groups is 2. The fourth-order valence-electron chi connectivity index (χ4n) is 1.26. The Morgan fingerprint density at radius 1 is 1.33 bits per heavy atom. The van der Waals surface area contributed by atoms with Gasteiger partial charge in [-0.1, -0.05) is 5.16 Å². The Balaban J connectivity index is 1.98. The summed E-state index contributed by atoms with van der Waals surface area (Å²) in [5.41, 5.74) is 0.769. The second-order valence-electron chi connectivity index (χ2n) is 3.41. The Bertz CT molecular complexity index is 548. The van der Waals surface area contributed by atoms with Gasteiger partial charge in [0.25, 0.3) is 5.91 Å². The van der Waals surface area contributed by atoms with Crippen LogP contribution in [0.15, 0.2) is 35.2 Å². The van der Waals surface area contributed by atoms with Gasteiger partial charge in [0.2, 0.25) is 0 Å². The number of carboxylic acids is 1. The molecule has 7 nitrogen and oxygen atoms in total. The topological polar surface area (TPSA) is 105 Å². The summed E-state index contributed by atoms with van der Waals surface area (Å²) in [6, 6.07) is 4.30. The van der Waals surface area contributed by atoms with E-state index in [0.29, 0.717) is 5.69 Å². The van der Waals surface area contributed by atoms with Crippen molar-refractivity contribution in [2.75, 3.05) is 0 Å². The van der Waals surface area contributed by atoms with Crippen molar-refractivity contribution in [1.29, 1.82) is 0 Å². The largest absolute Gasteiger partial charge is 0.477 e. The molecule has 0 saturated heterocycles. The van der Waals surface area contributed by atoms with Crippen molar-refractivity contribution in [3.8, 4) is 0 Å². The third-order valence-corrected chi connectivity index (χ3v) is 2.17. The molecule has 2 N–H and O–H groups in total. The molecule has 0 atom stereocenters. The van der Waals surface area contributed by atoms with Crippen LogP contribution in [-0.4, -0.2) is 27.1 Å². The average Bonchev–Trinajstić information content (AvgIpc) is 2.89. The van der Waals surface area contributed by atoms with Gasteiger partial charge in [0.1, 0.15) is 17.7 Å². The van der Waals surface area contributed by atoms with E-state index in [9.17, 15) is 9.59 Å². The summed E-state index contributed by atoms with van der Waals surface area (Å²) in [5.74, 6) is -1.49. The van der Waals surface area contributed by atoms with Crippen LogP contribution in [-0.2, 0) is 6.54 Å². The van der Waals surface area contributed by atoms with Gasteiger partial charge in [-0.2, -0.15) is 0 Å². The first-order valence-corrected chi connectivity index (χ1v) is 5.03. The average molecular weight is 247 g/mol. The van der Waals surface area contributed by atoms with Gasteiger partial charge >= 0.3 is 5.97 Å². The molecule has 0 spiro atoms. The Kier molecular flexibility index (Phi) is 3.33. The van der Waals surface area contributed by atoms with Crippen LogP contribution < -0.4 is 5.32 Å². The Morgan fingerprint density at radius 2 is 2.17 bits per heavy atom. The number of rotatable bonds is 4. The van der Waals surface area contributed by atoms with Crippen LogP contribution in [0.3, 0.4) is 0 Å². The smallest absolute Gasteiger partial charge is 0.354 e. The molecule has 0 fully saturated rings. The van der Waals surface area contributed by atoms with E-state index < -0.39 is 5.97 Å². The van der Waals surface area contributed by atoms with Crippen molar-refractivity contribution in [2.24, 2.45) is 0 Å². The number of nitrogens with zero attached hydrogens (tertiary/aromatic N) is 2. The van der Waals surface area contributed by atoms with Crippen LogP contribution in [0.2, 0.25) is 0 Å². The first-order valence-electron chi connectivity index (χ1n) is 5.03. The number of aromatic nitrogens is 2. The fourth-order valence-corrected chi connectivity index (χ4v) is 1.26. The van der Waals surface area contributed by atoms with Crippen LogP contribution in [0, 0.1) is 0 Å². The SMILES string of the molecule is O=C(NCc1ccon1)c1ccc(C(=O)O)nc1. The Labute approximate surface area is 101 Å². The third-order valence-electron chi connectivity index (χ3n) is 2.17. The molecule has 0 aliphatic heterocycles. The van der Waals surface area contributed by atoms with Crippen molar-refractivity contribution in [3.63, 3.8) is 0 Å². The molecule has 2 heterocycles. The van der Waals surface area contributed by atoms with Crippen molar-refractivity contribution >= 4 is 11.9 Å². The maximum Gasteiger partial charge on any atom is 0.354 e. The zero-order valence-electron chi connectivity index (χ0n) is 9.16. The maximum atomic E-state index is 11.7. The standard InChI is InChI=1S/C11H9N3O4/c15-10(13-6-8-3-4-18-14-8)7-1-2-9(11(16)17)12-5-7/h1-5H,6H2,(H,13,15)(H,16,17). The zero-order valence-corrected chi connectivity index (χ0v) is 9.16. The summed E-state index contributed by atoms with van der Waals surface area (Å²) in [7, 11) is 0. The van der Waals surface area contributed by atoms with Gasteiger partial charge < -0.3 is 14.9 Å². The molecule has 18 heavy (non-hydrogen) atoms. The van der Waals surface area contributed by atoms with Gasteiger partial charge in [-0.15, -0.1) is 0 Å². The fraction of sp³-hybridized carbons (Fsp3) is 0.0909. The van der Waals surface area contributed by atoms with E-state index in [-0.39, 0.29) is 23.7 Å². The molecule has 1 amide bonds. The minimum atomic E-state index is -1.13. The predicted molar refractivity (Wildman–Crippen MR) is 58.9 cm³/mol. The summed E-state index contributed by atoms with van der Waals surface area (Å²) < 4.78 is 4.62. The molecule has 2 aromatic heterocycles. The number of hydrogen-bond donors (Lipinski definition) is 2. The minimum absolute atomic E-state index is 0.108. The number of amides is 1. The molecule has 2 aromatic rings. The number of nitrogens with one attached hydrogen (secondary N) is 1. The summed E-state index contributed by atoms with van der Waals surface area (Å²) in [6.45, 7) is 0.232. The monoisotopic (exact) mass is 247 g/mol. The van der Waals surface area contributed by atoms with Crippen molar-refractivity contribution < 1.29 is 19.2 Å². The van der Waals surface area contributed by atoms with Crippen LogP contribution in [0.4, 0.5) is 0 Å². The van der Waals surface area contributed by atoms with E-state index in [2.05, 4.69) is 20.0 Å². The molecule has 92 valence electrons. The van der Waals surface area contributed by atoms with E-state index in [4.69, 9.17) is 5.11 Å². The van der Waals surface area contributed by atoms with Crippen molar-refractivity contribution in [1.82, 2.24) is 15.5 Å². The number of pyridine rings is 1. The molecule has 7 heteroatoms. The lowest BCUT2D eigenvalue weighted by molar-refractivity contribution is 0.0689. The molecular weight excluding hydrogens is 238 g/mol. The summed E-state index contributed by atoms with van der Waals surface area (Å²) in [4.78, 5) is 25.9. The van der Waals surface area contributed by atoms with Crippen LogP contribution >= 0.6 is 0 Å². The van der Waals surface area contributed by atoms with Gasteiger partial charge in [-0.25, -0.2) is 9.78 Å². The van der Waals surface area contributed by atoms with E-state index in [1.54, 1.807) is 6.07 Å². The normalized spacial score (nSPS) is 10.0. The molecule has 0 aliphatic carbocycles. The van der Waals surface area contributed by atoms with Gasteiger partial charge in [-0.05, 0) is 12.1 Å². The number of aromatic carboxylic acids is 1. The van der Waals surface area contributed by atoms with Crippen LogP contribution in [0.1, 0.15) is 26.5 Å². The zero-order chi connectivity index (χ0) is 13.0. The highest BCUT2D eigenvalue weighted by Crippen LogP contribution is 2.01. The maximum absolute atomic E-state index is 11.7. The molecule has 0 unspecified atom stereocenters. The highest BCUT2D eigenvalue weighted by molar-refractivity contribution is 5.94. The van der Waals surface area contributed by atoms with E-state index >= 15 is 0 Å². The van der Waals surface area contributed by atoms with Crippen LogP contribution in [0.5, 0.6) is 0 Å². The molecule has 0 saturated carbocycles. The third kappa shape index (κ3) is 2.70. The second-order valence-corrected chi connectivity index (χ2v) is 3.41. The molecule has 0 aromatic carbocycles. The quantitative estimate of drug-likeness (QED) is 0.823. The highest BCUT2D eigenvalue weighted by atomic mass is 16.5. The Morgan fingerprint density at radius 3 is 2.72 bits per heavy atom. The minimum Gasteiger partial charge on any atom is -0.477 e. The first-order chi connectivity index (χ1) is 8.66. The molecule has 2 rings (SSSR count). The highest BCUT2D eigenvalue weighted by Gasteiger charge is 2.09. The predicted octanol–water partition coefficient (Wildman–Crippen LogP) is 0.698. The summed E-state index contributed by atoms with van der Waals surface area (Å²) >= 11 is 0. The molecular formula is C11H9N3O4.